The quantitative estimate of drug-likeness (QED) is 0.485. The third-order valence-corrected chi connectivity index (χ3v) is 0.986. The maximum absolute atomic E-state index is 9.99. The molecule has 0 saturated heterocycles. The molecule has 0 heterocycles. The lowest BCUT2D eigenvalue weighted by Crippen LogP contribution is -2.30. The van der Waals surface area contributed by atoms with Gasteiger partial charge >= 0.3 is 11.9 Å². The van der Waals surface area contributed by atoms with Gasteiger partial charge in [-0.25, -0.2) is 0 Å². The summed E-state index contributed by atoms with van der Waals surface area (Å²) in [6, 6.07) is -1.06. The van der Waals surface area contributed by atoms with Crippen molar-refractivity contribution in [2.75, 3.05) is 0 Å². The van der Waals surface area contributed by atoms with Crippen LogP contribution < -0.4 is 5.73 Å². The second-order valence-corrected chi connectivity index (χ2v) is 1.88. The Morgan fingerprint density at radius 3 is 2.20 bits per heavy atom. The summed E-state index contributed by atoms with van der Waals surface area (Å²) in [5.41, 5.74) is 5.00. The number of carboxylic acid groups (broad SMARTS) is 2. The molecule has 0 aliphatic carbocycles. The summed E-state index contributed by atoms with van der Waals surface area (Å²) >= 11 is 0. The zero-order valence-electron chi connectivity index (χ0n) is 5.28. The predicted octanol–water partition coefficient (Wildman–Crippen LogP) is -0.737. The van der Waals surface area contributed by atoms with Crippen molar-refractivity contribution >= 4 is 11.9 Å². The Labute approximate surface area is 57.5 Å². The molecule has 0 spiro atoms. The van der Waals surface area contributed by atoms with Gasteiger partial charge in [0, 0.05) is 6.42 Å². The summed E-state index contributed by atoms with van der Waals surface area (Å²) in [5.74, 6) is -2.20. The first kappa shape index (κ1) is 8.90. The van der Waals surface area contributed by atoms with E-state index in [1.807, 2.05) is 0 Å². The van der Waals surface area contributed by atoms with Crippen molar-refractivity contribution in [1.82, 2.24) is 0 Å². The fourth-order valence-corrected chi connectivity index (χ4v) is 0.402. The average molecular weight is 146 g/mol. The van der Waals surface area contributed by atoms with Crippen LogP contribution in [0.4, 0.5) is 0 Å². The number of hydrogen-bond donors (Lipinski definition) is 3. The third-order valence-electron chi connectivity index (χ3n) is 0.986. The molecule has 0 fully saturated rings. The van der Waals surface area contributed by atoms with Crippen molar-refractivity contribution in [3.8, 4) is 0 Å². The summed E-state index contributed by atoms with van der Waals surface area (Å²) in [7, 11) is 0. The first-order valence-electron chi connectivity index (χ1n) is 2.74. The van der Waals surface area contributed by atoms with Gasteiger partial charge in [0.1, 0.15) is 6.04 Å². The molecule has 0 radical (unpaired) electrons. The van der Waals surface area contributed by atoms with Gasteiger partial charge in [0.15, 0.2) is 0 Å². The smallest absolute Gasteiger partial charge is 0.320 e. The molecule has 0 saturated carbocycles. The highest BCUT2D eigenvalue weighted by atomic mass is 16.4. The Kier molecular flexibility index (Phi) is 3.42. The molecule has 10 heavy (non-hydrogen) atoms. The van der Waals surface area contributed by atoms with E-state index in [1.54, 1.807) is 0 Å². The standard InChI is InChI=1S/C5H9NO4/c6-3(5(9)10)1-2-4(7)8/h3H,1-2,6H2,(H,7,8)(H,9,10)/t3-/m0/s1/i4-1. The number of nitrogens with two attached hydrogens (primary N) is 1. The van der Waals surface area contributed by atoms with Crippen LogP contribution in [0.2, 0.25) is 0 Å². The van der Waals surface area contributed by atoms with Gasteiger partial charge in [0.2, 0.25) is 0 Å². The molecule has 0 unspecified atom stereocenters. The number of hydrogen-bond acceptors (Lipinski definition) is 3. The second-order valence-electron chi connectivity index (χ2n) is 1.88. The zero-order valence-corrected chi connectivity index (χ0v) is 5.28. The highest BCUT2D eigenvalue weighted by Crippen LogP contribution is 1.93. The van der Waals surface area contributed by atoms with E-state index < -0.39 is 18.0 Å². The van der Waals surface area contributed by atoms with Gasteiger partial charge in [-0.05, 0) is 6.42 Å². The Morgan fingerprint density at radius 1 is 1.40 bits per heavy atom. The molecular formula is C5H9NO4. The summed E-state index contributed by atoms with van der Waals surface area (Å²) in [6.45, 7) is 0. The van der Waals surface area contributed by atoms with Gasteiger partial charge in [-0.15, -0.1) is 0 Å². The van der Waals surface area contributed by atoms with Crippen molar-refractivity contribution in [2.24, 2.45) is 5.73 Å². The molecule has 5 nitrogen and oxygen atoms in total. The highest BCUT2D eigenvalue weighted by Gasteiger charge is 2.12. The van der Waals surface area contributed by atoms with Crippen LogP contribution in [0.25, 0.3) is 0 Å². The maximum Gasteiger partial charge on any atom is 0.320 e. The minimum absolute atomic E-state index is 0.0231. The van der Waals surface area contributed by atoms with E-state index in [-0.39, 0.29) is 12.8 Å². The monoisotopic (exact) mass is 146 g/mol. The van der Waals surface area contributed by atoms with E-state index >= 15 is 0 Å². The van der Waals surface area contributed by atoms with E-state index in [0.717, 1.165) is 0 Å². The van der Waals surface area contributed by atoms with Gasteiger partial charge in [0.05, 0.1) is 0 Å². The maximum atomic E-state index is 9.99. The number of rotatable bonds is 4. The first-order valence-corrected chi connectivity index (χ1v) is 2.74. The minimum atomic E-state index is -1.17. The molecule has 1 atom stereocenters. The van der Waals surface area contributed by atoms with Gasteiger partial charge in [-0.3, -0.25) is 9.59 Å². The molecule has 0 aromatic carbocycles. The normalized spacial score (nSPS) is 12.5. The van der Waals surface area contributed by atoms with E-state index in [2.05, 4.69) is 0 Å². The molecule has 0 rings (SSSR count). The number of carboxylic acids is 2. The SMILES string of the molecule is N[C@@H](CC[11C](=O)O)C(=O)O. The average Bonchev–Trinajstić information content (AvgIpc) is 1.82. The topological polar surface area (TPSA) is 101 Å². The van der Waals surface area contributed by atoms with Crippen LogP contribution in [0.15, 0.2) is 0 Å². The molecule has 0 aromatic rings. The van der Waals surface area contributed by atoms with Crippen LogP contribution in [0, 0.1) is 0 Å². The van der Waals surface area contributed by atoms with Gasteiger partial charge in [0.25, 0.3) is 0 Å². The Bertz CT molecular complexity index is 145. The number of carbonyl (C=O) groups is 2. The molecule has 0 aromatic heterocycles. The van der Waals surface area contributed by atoms with Gasteiger partial charge < -0.3 is 15.9 Å². The lowest BCUT2D eigenvalue weighted by molar-refractivity contribution is -0.139. The molecule has 0 bridgehead atoms. The molecule has 4 N–H and O–H groups in total. The molecular weight excluding hydrogens is 137 g/mol. The van der Waals surface area contributed by atoms with Crippen LogP contribution in [0.5, 0.6) is 0 Å². The lowest BCUT2D eigenvalue weighted by atomic mass is 9.96. The van der Waals surface area contributed by atoms with E-state index in [1.165, 1.54) is 0 Å². The first-order chi connectivity index (χ1) is 4.54. The molecule has 5 heteroatoms. The van der Waals surface area contributed by atoms with E-state index in [4.69, 9.17) is 15.9 Å². The Hall–Kier alpha value is -1.10. The van der Waals surface area contributed by atoms with Gasteiger partial charge in [-0.1, -0.05) is 0 Å². The summed E-state index contributed by atoms with van der Waals surface area (Å²) in [6.07, 6.45) is -0.224. The Morgan fingerprint density at radius 2 is 1.90 bits per heavy atom. The zero-order chi connectivity index (χ0) is 8.15. The van der Waals surface area contributed by atoms with Crippen molar-refractivity contribution in [2.45, 2.75) is 18.9 Å². The van der Waals surface area contributed by atoms with Crippen LogP contribution in [0.1, 0.15) is 12.8 Å². The number of aliphatic carboxylic acids is 2. The van der Waals surface area contributed by atoms with E-state index in [9.17, 15) is 9.59 Å². The lowest BCUT2D eigenvalue weighted by Gasteiger charge is -2.01. The Balaban J connectivity index is 3.49. The van der Waals surface area contributed by atoms with Crippen LogP contribution in [-0.2, 0) is 9.59 Å². The molecule has 0 aliphatic heterocycles. The van der Waals surface area contributed by atoms with Crippen molar-refractivity contribution < 1.29 is 19.8 Å². The fraction of sp³-hybridized carbons (Fsp3) is 0.600. The summed E-state index contributed by atoms with van der Waals surface area (Å²) in [4.78, 5) is 19.9. The second kappa shape index (κ2) is 3.84. The van der Waals surface area contributed by atoms with Crippen molar-refractivity contribution in [3.05, 3.63) is 0 Å². The summed E-state index contributed by atoms with van der Waals surface area (Å²) < 4.78 is 0. The highest BCUT2D eigenvalue weighted by molar-refractivity contribution is 5.74. The van der Waals surface area contributed by atoms with Crippen molar-refractivity contribution in [3.63, 3.8) is 0 Å². The van der Waals surface area contributed by atoms with Gasteiger partial charge in [-0.2, -0.15) is 0 Å². The van der Waals surface area contributed by atoms with Crippen LogP contribution in [0.3, 0.4) is 0 Å². The fourth-order valence-electron chi connectivity index (χ4n) is 0.402. The summed E-state index contributed by atoms with van der Waals surface area (Å²) in [5, 5.41) is 16.3. The molecule has 0 aliphatic rings. The largest absolute Gasteiger partial charge is 0.481 e. The van der Waals surface area contributed by atoms with Crippen molar-refractivity contribution in [1.29, 1.82) is 0 Å². The van der Waals surface area contributed by atoms with E-state index in [0.29, 0.717) is 0 Å². The molecule has 0 amide bonds. The minimum Gasteiger partial charge on any atom is -0.481 e. The van der Waals surface area contributed by atoms with Crippen LogP contribution >= 0.6 is 0 Å². The third kappa shape index (κ3) is 3.85. The van der Waals surface area contributed by atoms with Crippen LogP contribution in [-0.4, -0.2) is 28.2 Å². The predicted molar refractivity (Wildman–Crippen MR) is 32.5 cm³/mol. The molecule has 58 valence electrons.